The van der Waals surface area contributed by atoms with Crippen LogP contribution >= 0.6 is 22.9 Å². The van der Waals surface area contributed by atoms with Gasteiger partial charge in [-0.25, -0.2) is 12.8 Å². The number of halogens is 2. The van der Waals surface area contributed by atoms with E-state index in [1.54, 1.807) is 19.1 Å². The second-order valence-electron chi connectivity index (χ2n) is 4.22. The molecule has 2 aromatic rings. The Hall–Kier alpha value is -1.11. The van der Waals surface area contributed by atoms with Gasteiger partial charge in [-0.15, -0.1) is 22.9 Å². The van der Waals surface area contributed by atoms with Gasteiger partial charge in [0.05, 0.1) is 11.6 Å². The lowest BCUT2D eigenvalue weighted by Crippen LogP contribution is -2.26. The fourth-order valence-electron chi connectivity index (χ4n) is 1.80. The minimum atomic E-state index is -3.71. The summed E-state index contributed by atoms with van der Waals surface area (Å²) in [6.45, 7) is 1.73. The van der Waals surface area contributed by atoms with Gasteiger partial charge in [0.15, 0.2) is 0 Å². The number of sulfonamides is 1. The van der Waals surface area contributed by atoms with Crippen molar-refractivity contribution in [3.8, 4) is 0 Å². The Morgan fingerprint density at radius 3 is 2.60 bits per heavy atom. The average molecular weight is 334 g/mol. The number of nitrogens with zero attached hydrogens (tertiary/aromatic N) is 1. The maximum absolute atomic E-state index is 13.2. The summed E-state index contributed by atoms with van der Waals surface area (Å²) in [5, 5.41) is 0. The van der Waals surface area contributed by atoms with Crippen LogP contribution in [-0.4, -0.2) is 15.5 Å². The Kier molecular flexibility index (Phi) is 4.36. The SMILES string of the molecule is Cc1sc(CCl)cc1S(=O)(=O)N(C)c1cccc(F)c1. The molecule has 0 aliphatic rings. The van der Waals surface area contributed by atoms with E-state index in [0.717, 1.165) is 9.18 Å². The third kappa shape index (κ3) is 2.82. The second-order valence-corrected chi connectivity index (χ2v) is 7.77. The molecule has 0 saturated heterocycles. The molecule has 0 aliphatic heterocycles. The standard InChI is InChI=1S/C13H13ClFNO2S2/c1-9-13(7-12(8-14)19-9)20(17,18)16(2)11-5-3-4-10(15)6-11/h3-7H,8H2,1-2H3. The van der Waals surface area contributed by atoms with Crippen molar-refractivity contribution >= 4 is 38.6 Å². The molecular formula is C13H13ClFNO2S2. The number of alkyl halides is 1. The Morgan fingerprint density at radius 1 is 1.35 bits per heavy atom. The zero-order valence-electron chi connectivity index (χ0n) is 10.9. The lowest BCUT2D eigenvalue weighted by Gasteiger charge is -2.19. The van der Waals surface area contributed by atoms with Gasteiger partial charge in [0.1, 0.15) is 10.7 Å². The lowest BCUT2D eigenvalue weighted by atomic mass is 10.3. The van der Waals surface area contributed by atoms with Crippen LogP contribution in [-0.2, 0) is 15.9 Å². The predicted octanol–water partition coefficient (Wildman–Crippen LogP) is 3.76. The van der Waals surface area contributed by atoms with Crippen LogP contribution < -0.4 is 4.31 Å². The summed E-state index contributed by atoms with van der Waals surface area (Å²) in [7, 11) is -2.31. The maximum Gasteiger partial charge on any atom is 0.265 e. The molecule has 0 N–H and O–H groups in total. The molecule has 108 valence electrons. The minimum absolute atomic E-state index is 0.213. The molecule has 0 radical (unpaired) electrons. The summed E-state index contributed by atoms with van der Waals surface area (Å²) in [5.74, 6) is -0.210. The number of hydrogen-bond acceptors (Lipinski definition) is 3. The van der Waals surface area contributed by atoms with Crippen LogP contribution in [0, 0.1) is 12.7 Å². The first kappa shape index (κ1) is 15.3. The fraction of sp³-hybridized carbons (Fsp3) is 0.231. The van der Waals surface area contributed by atoms with Gasteiger partial charge >= 0.3 is 0 Å². The van der Waals surface area contributed by atoms with Gasteiger partial charge in [-0.05, 0) is 31.2 Å². The molecule has 0 fully saturated rings. The first-order valence-corrected chi connectivity index (χ1v) is 8.55. The Balaban J connectivity index is 2.46. The van der Waals surface area contributed by atoms with Gasteiger partial charge < -0.3 is 0 Å². The fourth-order valence-corrected chi connectivity index (χ4v) is 4.69. The molecule has 2 rings (SSSR count). The quantitative estimate of drug-likeness (QED) is 0.799. The van der Waals surface area contributed by atoms with Crippen LogP contribution in [0.1, 0.15) is 9.75 Å². The topological polar surface area (TPSA) is 37.4 Å². The molecule has 0 amide bonds. The van der Waals surface area contributed by atoms with Crippen molar-refractivity contribution in [2.24, 2.45) is 0 Å². The summed E-state index contributed by atoms with van der Waals surface area (Å²) in [6, 6.07) is 7.04. The molecule has 0 saturated carbocycles. The molecule has 0 unspecified atom stereocenters. The molecule has 0 atom stereocenters. The van der Waals surface area contributed by atoms with E-state index in [-0.39, 0.29) is 16.5 Å². The summed E-state index contributed by atoms with van der Waals surface area (Å²) < 4.78 is 39.4. The Bertz CT molecular complexity index is 728. The maximum atomic E-state index is 13.2. The van der Waals surface area contributed by atoms with Gasteiger partial charge in [0, 0.05) is 16.8 Å². The molecule has 0 spiro atoms. The van der Waals surface area contributed by atoms with Gasteiger partial charge in [-0.3, -0.25) is 4.31 Å². The van der Waals surface area contributed by atoms with Crippen LogP contribution in [0.15, 0.2) is 35.2 Å². The van der Waals surface area contributed by atoms with Crippen LogP contribution in [0.2, 0.25) is 0 Å². The van der Waals surface area contributed by atoms with Gasteiger partial charge in [-0.2, -0.15) is 0 Å². The van der Waals surface area contributed by atoms with Crippen molar-refractivity contribution in [3.63, 3.8) is 0 Å². The number of aryl methyl sites for hydroxylation is 1. The molecular weight excluding hydrogens is 321 g/mol. The number of rotatable bonds is 4. The molecule has 1 aromatic heterocycles. The Labute approximate surface area is 126 Å². The van der Waals surface area contributed by atoms with E-state index in [2.05, 4.69) is 0 Å². The van der Waals surface area contributed by atoms with Crippen LogP contribution in [0.5, 0.6) is 0 Å². The van der Waals surface area contributed by atoms with E-state index in [1.165, 1.54) is 36.6 Å². The van der Waals surface area contributed by atoms with E-state index in [0.29, 0.717) is 4.88 Å². The van der Waals surface area contributed by atoms with E-state index in [9.17, 15) is 12.8 Å². The zero-order chi connectivity index (χ0) is 14.9. The first-order chi connectivity index (χ1) is 9.36. The summed E-state index contributed by atoms with van der Waals surface area (Å²) in [4.78, 5) is 1.67. The van der Waals surface area contributed by atoms with Crippen LogP contribution in [0.3, 0.4) is 0 Å². The van der Waals surface area contributed by atoms with Crippen molar-refractivity contribution in [1.29, 1.82) is 0 Å². The van der Waals surface area contributed by atoms with E-state index < -0.39 is 15.8 Å². The lowest BCUT2D eigenvalue weighted by molar-refractivity contribution is 0.594. The van der Waals surface area contributed by atoms with Gasteiger partial charge in [-0.1, -0.05) is 6.07 Å². The molecule has 0 bridgehead atoms. The number of thiophene rings is 1. The van der Waals surface area contributed by atoms with Crippen molar-refractivity contribution in [1.82, 2.24) is 0 Å². The van der Waals surface area contributed by atoms with Crippen LogP contribution in [0.4, 0.5) is 10.1 Å². The van der Waals surface area contributed by atoms with Gasteiger partial charge in [0.2, 0.25) is 0 Å². The third-order valence-electron chi connectivity index (χ3n) is 2.87. The molecule has 1 heterocycles. The van der Waals surface area contributed by atoms with E-state index in [4.69, 9.17) is 11.6 Å². The van der Waals surface area contributed by atoms with E-state index >= 15 is 0 Å². The first-order valence-electron chi connectivity index (χ1n) is 5.76. The highest BCUT2D eigenvalue weighted by atomic mass is 35.5. The summed E-state index contributed by atoms with van der Waals surface area (Å²) >= 11 is 7.08. The molecule has 1 aromatic carbocycles. The van der Waals surface area contributed by atoms with Crippen molar-refractivity contribution < 1.29 is 12.8 Å². The highest BCUT2D eigenvalue weighted by molar-refractivity contribution is 7.93. The van der Waals surface area contributed by atoms with Gasteiger partial charge in [0.25, 0.3) is 10.0 Å². The number of hydrogen-bond donors (Lipinski definition) is 0. The molecule has 3 nitrogen and oxygen atoms in total. The van der Waals surface area contributed by atoms with Crippen LogP contribution in [0.25, 0.3) is 0 Å². The monoisotopic (exact) mass is 333 g/mol. The van der Waals surface area contributed by atoms with E-state index in [1.807, 2.05) is 0 Å². The van der Waals surface area contributed by atoms with Crippen molar-refractivity contribution in [3.05, 3.63) is 45.9 Å². The average Bonchev–Trinajstić information content (AvgIpc) is 2.80. The highest BCUT2D eigenvalue weighted by Gasteiger charge is 2.25. The number of benzene rings is 1. The predicted molar refractivity (Wildman–Crippen MR) is 80.6 cm³/mol. The largest absolute Gasteiger partial charge is 0.269 e. The second kappa shape index (κ2) is 5.71. The smallest absolute Gasteiger partial charge is 0.265 e. The minimum Gasteiger partial charge on any atom is -0.269 e. The molecule has 7 heteroatoms. The number of anilines is 1. The summed E-state index contributed by atoms with van der Waals surface area (Å²) in [5.41, 5.74) is 0.281. The normalized spacial score (nSPS) is 11.6. The molecule has 0 aliphatic carbocycles. The highest BCUT2D eigenvalue weighted by Crippen LogP contribution is 2.30. The Morgan fingerprint density at radius 2 is 2.05 bits per heavy atom. The van der Waals surface area contributed by atoms with Crippen molar-refractivity contribution in [2.75, 3.05) is 11.4 Å². The molecule has 20 heavy (non-hydrogen) atoms. The zero-order valence-corrected chi connectivity index (χ0v) is 13.3. The van der Waals surface area contributed by atoms with Crippen molar-refractivity contribution in [2.45, 2.75) is 17.7 Å². The third-order valence-corrected chi connectivity index (χ3v) is 6.40. The summed E-state index contributed by atoms with van der Waals surface area (Å²) in [6.07, 6.45) is 0.